The minimum atomic E-state index is -0.914. The van der Waals surface area contributed by atoms with Crippen molar-refractivity contribution in [1.82, 2.24) is 15.0 Å². The summed E-state index contributed by atoms with van der Waals surface area (Å²) in [5.74, 6) is 1.95. The molecule has 0 saturated carbocycles. The monoisotopic (exact) mass is 446 g/mol. The van der Waals surface area contributed by atoms with Crippen LogP contribution < -0.4 is 15.4 Å². The Labute approximate surface area is 184 Å². The van der Waals surface area contributed by atoms with Crippen LogP contribution in [0.1, 0.15) is 43.5 Å². The van der Waals surface area contributed by atoms with Gasteiger partial charge >= 0.3 is 0 Å². The molecule has 4 heterocycles. The summed E-state index contributed by atoms with van der Waals surface area (Å²) in [5.41, 5.74) is 9.02. The number of nitrogen functional groups attached to an aromatic ring is 1. The summed E-state index contributed by atoms with van der Waals surface area (Å²) in [7, 11) is -0.914. The zero-order valence-corrected chi connectivity index (χ0v) is 20.0. The fourth-order valence-corrected chi connectivity index (χ4v) is 5.76. The zero-order chi connectivity index (χ0) is 21.6. The number of hydrogen-bond acceptors (Lipinski definition) is 7. The summed E-state index contributed by atoms with van der Waals surface area (Å²) in [4.78, 5) is 15.7. The van der Waals surface area contributed by atoms with Gasteiger partial charge < -0.3 is 19.8 Å². The molecule has 2 aromatic heterocycles. The van der Waals surface area contributed by atoms with E-state index in [9.17, 15) is 0 Å². The van der Waals surface area contributed by atoms with E-state index in [4.69, 9.17) is 26.5 Å². The molecule has 2 N–H and O–H groups in total. The minimum absolute atomic E-state index is 0.00681. The molecule has 2 aromatic rings. The van der Waals surface area contributed by atoms with Crippen molar-refractivity contribution in [2.24, 2.45) is 5.41 Å². The van der Waals surface area contributed by atoms with Gasteiger partial charge in [-0.2, -0.15) is 4.98 Å². The molecule has 9 heteroatoms. The van der Waals surface area contributed by atoms with Crippen LogP contribution in [0.25, 0.3) is 0 Å². The maximum atomic E-state index is 6.62. The maximum Gasteiger partial charge on any atom is 0.223 e. The average molecular weight is 447 g/mol. The number of ether oxygens (including phenoxy) is 1. The fourth-order valence-electron chi connectivity index (χ4n) is 4.42. The number of nitrogens with zero attached hydrogens (tertiary/aromatic N) is 4. The Hall–Kier alpha value is -1.90. The number of nitrogens with two attached hydrogens (primary N) is 1. The van der Waals surface area contributed by atoms with Gasteiger partial charge in [-0.05, 0) is 24.6 Å². The third-order valence-corrected chi connectivity index (χ3v) is 6.63. The lowest BCUT2D eigenvalue weighted by Gasteiger charge is -2.37. The highest BCUT2D eigenvalue weighted by atomic mass is 35.5. The third kappa shape index (κ3) is 4.00. The van der Waals surface area contributed by atoms with E-state index in [-0.39, 0.29) is 23.4 Å². The highest BCUT2D eigenvalue weighted by Crippen LogP contribution is 2.46. The minimum Gasteiger partial charge on any atom is -0.493 e. The van der Waals surface area contributed by atoms with Crippen molar-refractivity contribution in [3.63, 3.8) is 0 Å². The van der Waals surface area contributed by atoms with Crippen LogP contribution in [0.2, 0.25) is 18.2 Å². The van der Waals surface area contributed by atoms with Crippen LogP contribution in [-0.4, -0.2) is 43.2 Å². The van der Waals surface area contributed by atoms with Crippen molar-refractivity contribution in [2.45, 2.75) is 58.9 Å². The number of fused-ring (bicyclic) bond motifs is 2. The van der Waals surface area contributed by atoms with Crippen molar-refractivity contribution in [1.29, 1.82) is 0 Å². The quantitative estimate of drug-likeness (QED) is 0.551. The second-order valence-electron chi connectivity index (χ2n) is 9.24. The molecule has 0 amide bonds. The van der Waals surface area contributed by atoms with Gasteiger partial charge in [0.1, 0.15) is 16.7 Å². The molecule has 0 fully saturated rings. The van der Waals surface area contributed by atoms with E-state index in [0.717, 1.165) is 35.8 Å². The summed E-state index contributed by atoms with van der Waals surface area (Å²) >= 11 is 6.62. The Morgan fingerprint density at radius 3 is 2.83 bits per heavy atom. The number of aromatic nitrogens is 3. The molecule has 1 radical (unpaired) electrons. The molecule has 7 nitrogen and oxygen atoms in total. The van der Waals surface area contributed by atoms with Gasteiger partial charge in [-0.3, -0.25) is 4.98 Å². The third-order valence-electron chi connectivity index (χ3n) is 5.62. The number of hydrogen-bond donors (Lipinski definition) is 1. The van der Waals surface area contributed by atoms with E-state index >= 15 is 0 Å². The van der Waals surface area contributed by atoms with Crippen LogP contribution in [-0.2, 0) is 17.4 Å². The Kier molecular flexibility index (Phi) is 5.67. The van der Waals surface area contributed by atoms with Crippen LogP contribution in [0.15, 0.2) is 12.3 Å². The summed E-state index contributed by atoms with van der Waals surface area (Å²) in [5, 5.41) is 0.415. The Bertz CT molecular complexity index is 950. The van der Waals surface area contributed by atoms with Gasteiger partial charge in [0.15, 0.2) is 0 Å². The summed E-state index contributed by atoms with van der Waals surface area (Å²) in [6.07, 6.45) is 2.67. The first-order valence-corrected chi connectivity index (χ1v) is 13.1. The second kappa shape index (κ2) is 7.98. The van der Waals surface area contributed by atoms with Crippen LogP contribution in [0, 0.1) is 5.41 Å². The molecule has 161 valence electrons. The van der Waals surface area contributed by atoms with E-state index in [0.29, 0.717) is 18.3 Å². The summed E-state index contributed by atoms with van der Waals surface area (Å²) < 4.78 is 12.2. The maximum absolute atomic E-state index is 6.62. The molecule has 2 atom stereocenters. The van der Waals surface area contributed by atoms with Gasteiger partial charge in [0.05, 0.1) is 24.9 Å². The SMILES string of the molecule is C[Si](C)OC(C1CN(Cc2nccc3c2CCO3)c2nc(N)nc(Cl)c21)C(C)(C)C. The first kappa shape index (κ1) is 21.3. The molecule has 2 aliphatic rings. The smallest absolute Gasteiger partial charge is 0.223 e. The fraction of sp³-hybridized carbons (Fsp3) is 0.571. The number of halogens is 1. The van der Waals surface area contributed by atoms with Gasteiger partial charge in [0, 0.05) is 36.2 Å². The van der Waals surface area contributed by atoms with Crippen molar-refractivity contribution >= 4 is 32.4 Å². The van der Waals surface area contributed by atoms with Gasteiger partial charge in [-0.1, -0.05) is 32.4 Å². The Morgan fingerprint density at radius 1 is 1.37 bits per heavy atom. The molecule has 0 saturated heterocycles. The summed E-state index contributed by atoms with van der Waals surface area (Å²) in [6, 6.07) is 1.93. The van der Waals surface area contributed by atoms with Crippen LogP contribution in [0.5, 0.6) is 5.75 Å². The molecule has 2 aliphatic heterocycles. The van der Waals surface area contributed by atoms with Gasteiger partial charge in [-0.15, -0.1) is 0 Å². The Balaban J connectivity index is 1.74. The first-order chi connectivity index (χ1) is 14.1. The van der Waals surface area contributed by atoms with Crippen LogP contribution in [0.4, 0.5) is 11.8 Å². The lowest BCUT2D eigenvalue weighted by molar-refractivity contribution is 0.0648. The van der Waals surface area contributed by atoms with Crippen molar-refractivity contribution < 1.29 is 9.16 Å². The molecule has 0 spiro atoms. The van der Waals surface area contributed by atoms with Crippen molar-refractivity contribution in [2.75, 3.05) is 23.8 Å². The molecular weight excluding hydrogens is 418 g/mol. The van der Waals surface area contributed by atoms with E-state index in [1.807, 2.05) is 6.07 Å². The van der Waals surface area contributed by atoms with E-state index in [2.05, 4.69) is 53.7 Å². The lowest BCUT2D eigenvalue weighted by atomic mass is 9.79. The topological polar surface area (TPSA) is 86.4 Å². The molecule has 0 aliphatic carbocycles. The van der Waals surface area contributed by atoms with Crippen LogP contribution >= 0.6 is 11.6 Å². The highest BCUT2D eigenvalue weighted by molar-refractivity contribution is 6.48. The normalized spacial score (nSPS) is 19.0. The Morgan fingerprint density at radius 2 is 2.13 bits per heavy atom. The predicted molar refractivity (Wildman–Crippen MR) is 120 cm³/mol. The van der Waals surface area contributed by atoms with Gasteiger partial charge in [0.25, 0.3) is 0 Å². The molecular formula is C21H29ClN5O2Si. The van der Waals surface area contributed by atoms with Gasteiger partial charge in [0.2, 0.25) is 15.0 Å². The van der Waals surface area contributed by atoms with Crippen molar-refractivity contribution in [3.05, 3.63) is 34.2 Å². The van der Waals surface area contributed by atoms with E-state index in [1.165, 1.54) is 5.56 Å². The van der Waals surface area contributed by atoms with E-state index in [1.54, 1.807) is 6.20 Å². The molecule has 4 rings (SSSR count). The van der Waals surface area contributed by atoms with E-state index < -0.39 is 9.04 Å². The summed E-state index contributed by atoms with van der Waals surface area (Å²) in [6.45, 7) is 13.0. The average Bonchev–Trinajstić information content (AvgIpc) is 3.24. The zero-order valence-electron chi connectivity index (χ0n) is 18.2. The molecule has 0 bridgehead atoms. The molecule has 30 heavy (non-hydrogen) atoms. The molecule has 2 unspecified atom stereocenters. The largest absolute Gasteiger partial charge is 0.493 e. The highest BCUT2D eigenvalue weighted by Gasteiger charge is 2.43. The van der Waals surface area contributed by atoms with Crippen molar-refractivity contribution in [3.8, 4) is 5.75 Å². The lowest BCUT2D eigenvalue weighted by Crippen LogP contribution is -2.40. The second-order valence-corrected chi connectivity index (χ2v) is 11.7. The standard InChI is InChI=1S/C21H29ClN5O2Si/c1-21(2,3)17(29-30(4)5)13-10-27(19-16(13)18(22)25-20(23)26-19)11-14-12-7-9-28-15(12)6-8-24-14/h6,8,13,17H,7,9-11H2,1-5H3,(H2,23,25,26). The molecule has 0 aromatic carbocycles. The predicted octanol–water partition coefficient (Wildman–Crippen LogP) is 3.83. The number of pyridine rings is 1. The number of anilines is 2. The van der Waals surface area contributed by atoms with Gasteiger partial charge in [-0.25, -0.2) is 4.98 Å². The van der Waals surface area contributed by atoms with Crippen LogP contribution in [0.3, 0.4) is 0 Å². The number of rotatable bonds is 5. The first-order valence-electron chi connectivity index (χ1n) is 10.3.